The van der Waals surface area contributed by atoms with Crippen LogP contribution in [0.3, 0.4) is 0 Å². The standard InChI is InChI=1S/C12H19N3O2/c1-3-8-5-11(15(4-2)14-8)9-6-13-7-10(9)12(16)17/h5,9-10,13H,3-4,6-7H2,1-2H3,(H,16,17). The Morgan fingerprint density at radius 1 is 1.59 bits per heavy atom. The SMILES string of the molecule is CCc1cc(C2CNCC2C(=O)O)n(CC)n1. The zero-order chi connectivity index (χ0) is 12.4. The second-order valence-corrected chi connectivity index (χ2v) is 4.44. The fourth-order valence-corrected chi connectivity index (χ4v) is 2.46. The molecule has 5 nitrogen and oxygen atoms in total. The van der Waals surface area contributed by atoms with Crippen molar-refractivity contribution in [1.29, 1.82) is 0 Å². The first kappa shape index (κ1) is 12.1. The Morgan fingerprint density at radius 3 is 2.94 bits per heavy atom. The molecule has 2 N–H and O–H groups in total. The zero-order valence-electron chi connectivity index (χ0n) is 10.3. The topological polar surface area (TPSA) is 67.2 Å². The summed E-state index contributed by atoms with van der Waals surface area (Å²) < 4.78 is 1.94. The predicted molar refractivity (Wildman–Crippen MR) is 64.0 cm³/mol. The van der Waals surface area contributed by atoms with Crippen LogP contribution in [0.1, 0.15) is 31.2 Å². The number of aromatic nitrogens is 2. The summed E-state index contributed by atoms with van der Waals surface area (Å²) in [5, 5.41) is 16.8. The molecule has 1 saturated heterocycles. The van der Waals surface area contributed by atoms with Gasteiger partial charge in [-0.05, 0) is 19.4 Å². The van der Waals surface area contributed by atoms with Gasteiger partial charge in [-0.1, -0.05) is 6.92 Å². The van der Waals surface area contributed by atoms with Crippen molar-refractivity contribution in [1.82, 2.24) is 15.1 Å². The third-order valence-electron chi connectivity index (χ3n) is 3.43. The van der Waals surface area contributed by atoms with E-state index in [0.29, 0.717) is 6.54 Å². The van der Waals surface area contributed by atoms with Gasteiger partial charge in [-0.2, -0.15) is 5.10 Å². The van der Waals surface area contributed by atoms with E-state index in [4.69, 9.17) is 0 Å². The summed E-state index contributed by atoms with van der Waals surface area (Å²) in [7, 11) is 0. The Hall–Kier alpha value is -1.36. The first-order chi connectivity index (χ1) is 8.17. The van der Waals surface area contributed by atoms with Crippen molar-refractivity contribution >= 4 is 5.97 Å². The normalized spacial score (nSPS) is 24.1. The molecule has 17 heavy (non-hydrogen) atoms. The number of aryl methyl sites for hydroxylation is 2. The molecule has 2 rings (SSSR count). The molecular formula is C12H19N3O2. The van der Waals surface area contributed by atoms with E-state index in [1.807, 2.05) is 11.6 Å². The molecule has 2 unspecified atom stereocenters. The van der Waals surface area contributed by atoms with Crippen LogP contribution in [0.2, 0.25) is 0 Å². The molecule has 1 fully saturated rings. The van der Waals surface area contributed by atoms with Gasteiger partial charge < -0.3 is 10.4 Å². The Bertz CT molecular complexity index is 414. The maximum absolute atomic E-state index is 11.2. The molecule has 1 aliphatic rings. The highest BCUT2D eigenvalue weighted by Gasteiger charge is 2.35. The largest absolute Gasteiger partial charge is 0.481 e. The van der Waals surface area contributed by atoms with Gasteiger partial charge in [0.25, 0.3) is 0 Å². The summed E-state index contributed by atoms with van der Waals surface area (Å²) in [4.78, 5) is 11.2. The van der Waals surface area contributed by atoms with Crippen molar-refractivity contribution in [3.8, 4) is 0 Å². The van der Waals surface area contributed by atoms with E-state index in [9.17, 15) is 9.90 Å². The molecule has 0 aromatic carbocycles. The number of nitrogens with one attached hydrogen (secondary N) is 1. The van der Waals surface area contributed by atoms with Crippen LogP contribution in [0.4, 0.5) is 0 Å². The van der Waals surface area contributed by atoms with Crippen LogP contribution in [-0.4, -0.2) is 33.9 Å². The molecule has 0 radical (unpaired) electrons. The molecule has 94 valence electrons. The lowest BCUT2D eigenvalue weighted by Gasteiger charge is -2.15. The molecule has 0 aliphatic carbocycles. The third kappa shape index (κ3) is 2.20. The Morgan fingerprint density at radius 2 is 2.35 bits per heavy atom. The lowest BCUT2D eigenvalue weighted by atomic mass is 9.92. The molecule has 5 heteroatoms. The molecule has 2 atom stereocenters. The van der Waals surface area contributed by atoms with E-state index in [1.54, 1.807) is 0 Å². The van der Waals surface area contributed by atoms with Gasteiger partial charge in [0.15, 0.2) is 0 Å². The van der Waals surface area contributed by atoms with Gasteiger partial charge in [-0.15, -0.1) is 0 Å². The van der Waals surface area contributed by atoms with Gasteiger partial charge in [-0.3, -0.25) is 9.48 Å². The molecule has 2 heterocycles. The van der Waals surface area contributed by atoms with Crippen molar-refractivity contribution in [2.24, 2.45) is 5.92 Å². The average molecular weight is 237 g/mol. The summed E-state index contributed by atoms with van der Waals surface area (Å²) in [6.45, 7) is 6.17. The minimum atomic E-state index is -0.720. The van der Waals surface area contributed by atoms with E-state index < -0.39 is 5.97 Å². The van der Waals surface area contributed by atoms with Gasteiger partial charge in [0.05, 0.1) is 11.6 Å². The van der Waals surface area contributed by atoms with Crippen molar-refractivity contribution in [3.05, 3.63) is 17.5 Å². The highest BCUT2D eigenvalue weighted by Crippen LogP contribution is 2.29. The fraction of sp³-hybridized carbons (Fsp3) is 0.667. The molecular weight excluding hydrogens is 218 g/mol. The average Bonchev–Trinajstić information content (AvgIpc) is 2.94. The monoisotopic (exact) mass is 237 g/mol. The highest BCUT2D eigenvalue weighted by molar-refractivity contribution is 5.72. The van der Waals surface area contributed by atoms with Crippen LogP contribution < -0.4 is 5.32 Å². The van der Waals surface area contributed by atoms with Crippen LogP contribution in [0.5, 0.6) is 0 Å². The number of hydrogen-bond donors (Lipinski definition) is 2. The Labute approximate surface area is 101 Å². The number of nitrogens with zero attached hydrogens (tertiary/aromatic N) is 2. The third-order valence-corrected chi connectivity index (χ3v) is 3.43. The van der Waals surface area contributed by atoms with E-state index in [2.05, 4.69) is 23.4 Å². The molecule has 1 aromatic heterocycles. The van der Waals surface area contributed by atoms with Crippen LogP contribution in [0, 0.1) is 5.92 Å². The Kier molecular flexibility index (Phi) is 3.47. The summed E-state index contributed by atoms with van der Waals surface area (Å²) in [5.74, 6) is -1.01. The zero-order valence-corrected chi connectivity index (χ0v) is 10.3. The highest BCUT2D eigenvalue weighted by atomic mass is 16.4. The molecule has 1 aliphatic heterocycles. The summed E-state index contributed by atoms with van der Waals surface area (Å²) in [6, 6.07) is 2.05. The molecule has 1 aromatic rings. The number of rotatable bonds is 4. The van der Waals surface area contributed by atoms with Crippen molar-refractivity contribution < 1.29 is 9.90 Å². The van der Waals surface area contributed by atoms with E-state index >= 15 is 0 Å². The first-order valence-corrected chi connectivity index (χ1v) is 6.17. The summed E-state index contributed by atoms with van der Waals surface area (Å²) in [6.07, 6.45) is 0.887. The van der Waals surface area contributed by atoms with Crippen molar-refractivity contribution in [3.63, 3.8) is 0 Å². The fourth-order valence-electron chi connectivity index (χ4n) is 2.46. The first-order valence-electron chi connectivity index (χ1n) is 6.17. The van der Waals surface area contributed by atoms with Crippen LogP contribution in [0.25, 0.3) is 0 Å². The second kappa shape index (κ2) is 4.87. The number of carboxylic acids is 1. The van der Waals surface area contributed by atoms with Crippen LogP contribution in [0.15, 0.2) is 6.07 Å². The van der Waals surface area contributed by atoms with E-state index in [0.717, 1.165) is 30.9 Å². The lowest BCUT2D eigenvalue weighted by molar-refractivity contribution is -0.141. The molecule has 0 spiro atoms. The minimum absolute atomic E-state index is 0.0419. The minimum Gasteiger partial charge on any atom is -0.481 e. The number of carboxylic acid groups (broad SMARTS) is 1. The van der Waals surface area contributed by atoms with E-state index in [1.165, 1.54) is 0 Å². The maximum Gasteiger partial charge on any atom is 0.308 e. The molecule has 0 saturated carbocycles. The van der Waals surface area contributed by atoms with Crippen molar-refractivity contribution in [2.45, 2.75) is 32.7 Å². The van der Waals surface area contributed by atoms with Gasteiger partial charge in [0, 0.05) is 31.2 Å². The van der Waals surface area contributed by atoms with E-state index in [-0.39, 0.29) is 11.8 Å². The Balaban J connectivity index is 2.31. The predicted octanol–water partition coefficient (Wildman–Crippen LogP) is 0.853. The smallest absolute Gasteiger partial charge is 0.308 e. The van der Waals surface area contributed by atoms with Gasteiger partial charge >= 0.3 is 5.97 Å². The van der Waals surface area contributed by atoms with Crippen LogP contribution in [-0.2, 0) is 17.8 Å². The van der Waals surface area contributed by atoms with Crippen molar-refractivity contribution in [2.75, 3.05) is 13.1 Å². The number of carbonyl (C=O) groups is 1. The molecule has 0 amide bonds. The summed E-state index contributed by atoms with van der Waals surface area (Å²) >= 11 is 0. The van der Waals surface area contributed by atoms with Gasteiger partial charge in [0.2, 0.25) is 0 Å². The van der Waals surface area contributed by atoms with Crippen LogP contribution >= 0.6 is 0 Å². The molecule has 0 bridgehead atoms. The maximum atomic E-state index is 11.2. The quantitative estimate of drug-likeness (QED) is 0.815. The number of aliphatic carboxylic acids is 1. The number of hydrogen-bond acceptors (Lipinski definition) is 3. The summed E-state index contributed by atoms with van der Waals surface area (Å²) in [5.41, 5.74) is 2.10. The van der Waals surface area contributed by atoms with Gasteiger partial charge in [0.1, 0.15) is 0 Å². The lowest BCUT2D eigenvalue weighted by Crippen LogP contribution is -2.22. The second-order valence-electron chi connectivity index (χ2n) is 4.44. The van der Waals surface area contributed by atoms with Gasteiger partial charge in [-0.25, -0.2) is 0 Å².